The van der Waals surface area contributed by atoms with Crippen LogP contribution in [0.5, 0.6) is 0 Å². The second-order valence-corrected chi connectivity index (χ2v) is 3.62. The Kier molecular flexibility index (Phi) is 4.59. The average Bonchev–Trinajstić information content (AvgIpc) is 2.20. The van der Waals surface area contributed by atoms with Crippen molar-refractivity contribution in [1.82, 2.24) is 5.32 Å². The molecule has 0 heterocycles. The number of hydrogen-bond donors (Lipinski definition) is 1. The molecule has 0 radical (unpaired) electrons. The van der Waals surface area contributed by atoms with E-state index in [0.717, 1.165) is 5.75 Å². The Labute approximate surface area is 87.1 Å². The van der Waals surface area contributed by atoms with Crippen molar-refractivity contribution in [1.29, 1.82) is 5.26 Å². The van der Waals surface area contributed by atoms with E-state index in [1.54, 1.807) is 6.19 Å². The zero-order chi connectivity index (χ0) is 10.2. The van der Waals surface area contributed by atoms with Crippen LogP contribution in [0.4, 0.5) is 0 Å². The first-order valence-corrected chi connectivity index (χ1v) is 5.28. The van der Waals surface area contributed by atoms with Crippen LogP contribution in [-0.2, 0) is 10.5 Å². The number of amides is 1. The first-order chi connectivity index (χ1) is 6.83. The lowest BCUT2D eigenvalue weighted by atomic mass is 10.2. The first-order valence-electron chi connectivity index (χ1n) is 4.12. The molecule has 3 nitrogen and oxygen atoms in total. The summed E-state index contributed by atoms with van der Waals surface area (Å²) in [6.07, 6.45) is 1.60. The van der Waals surface area contributed by atoms with Crippen molar-refractivity contribution >= 4 is 17.7 Å². The normalized spacial score (nSPS) is 9.07. The minimum absolute atomic E-state index is 0.242. The quantitative estimate of drug-likeness (QED) is 0.600. The molecule has 0 aliphatic carbocycles. The van der Waals surface area contributed by atoms with Gasteiger partial charge in [-0.1, -0.05) is 30.3 Å². The number of carbonyl (C=O) groups is 1. The maximum atomic E-state index is 10.9. The summed E-state index contributed by atoms with van der Waals surface area (Å²) in [6, 6.07) is 9.90. The number of rotatable bonds is 4. The molecule has 0 atom stereocenters. The Morgan fingerprint density at radius 1 is 1.43 bits per heavy atom. The predicted octanol–water partition coefficient (Wildman–Crippen LogP) is 1.52. The number of nitriles is 1. The van der Waals surface area contributed by atoms with Gasteiger partial charge < -0.3 is 0 Å². The van der Waals surface area contributed by atoms with E-state index >= 15 is 0 Å². The van der Waals surface area contributed by atoms with Crippen molar-refractivity contribution in [3.63, 3.8) is 0 Å². The molecular formula is C10H10N2OS. The second kappa shape index (κ2) is 6.06. The van der Waals surface area contributed by atoms with Crippen LogP contribution in [0.25, 0.3) is 0 Å². The molecule has 1 amide bonds. The van der Waals surface area contributed by atoms with Gasteiger partial charge in [-0.2, -0.15) is 5.26 Å². The summed E-state index contributed by atoms with van der Waals surface area (Å²) in [5.74, 6) is 0.871. The molecule has 0 unspecified atom stereocenters. The third-order valence-corrected chi connectivity index (χ3v) is 2.54. The molecule has 0 aromatic heterocycles. The highest BCUT2D eigenvalue weighted by molar-refractivity contribution is 7.99. The molecule has 4 heteroatoms. The Morgan fingerprint density at radius 3 is 2.79 bits per heavy atom. The molecule has 0 aliphatic heterocycles. The van der Waals surface area contributed by atoms with Crippen molar-refractivity contribution in [3.05, 3.63) is 35.9 Å². The summed E-state index contributed by atoms with van der Waals surface area (Å²) in [5.41, 5.74) is 1.18. The number of carbonyl (C=O) groups excluding carboxylic acids is 1. The molecule has 72 valence electrons. The van der Waals surface area contributed by atoms with Crippen LogP contribution in [0.1, 0.15) is 5.56 Å². The number of nitrogens with zero attached hydrogens (tertiary/aromatic N) is 1. The first kappa shape index (κ1) is 10.6. The van der Waals surface area contributed by atoms with E-state index < -0.39 is 0 Å². The molecule has 1 aromatic carbocycles. The minimum Gasteiger partial charge on any atom is -0.273 e. The van der Waals surface area contributed by atoms with Gasteiger partial charge in [-0.25, -0.2) is 0 Å². The van der Waals surface area contributed by atoms with Gasteiger partial charge in [0.15, 0.2) is 6.19 Å². The predicted molar refractivity (Wildman–Crippen MR) is 56.4 cm³/mol. The summed E-state index contributed by atoms with van der Waals surface area (Å²) in [7, 11) is 0. The Hall–Kier alpha value is -1.47. The highest BCUT2D eigenvalue weighted by Crippen LogP contribution is 2.10. The van der Waals surface area contributed by atoms with Gasteiger partial charge in [0.25, 0.3) is 0 Å². The summed E-state index contributed by atoms with van der Waals surface area (Å²) < 4.78 is 0. The summed E-state index contributed by atoms with van der Waals surface area (Å²) in [4.78, 5) is 10.9. The lowest BCUT2D eigenvalue weighted by Gasteiger charge is -1.99. The zero-order valence-electron chi connectivity index (χ0n) is 7.56. The molecule has 1 rings (SSSR count). The van der Waals surface area contributed by atoms with E-state index in [1.807, 2.05) is 30.3 Å². The SMILES string of the molecule is N#CNC(=O)CSCc1ccccc1. The molecule has 0 saturated carbocycles. The van der Waals surface area contributed by atoms with E-state index in [0.29, 0.717) is 5.75 Å². The Morgan fingerprint density at radius 2 is 2.14 bits per heavy atom. The molecule has 0 fully saturated rings. The van der Waals surface area contributed by atoms with Gasteiger partial charge >= 0.3 is 0 Å². The highest BCUT2D eigenvalue weighted by Gasteiger charge is 1.99. The number of nitrogens with one attached hydrogen (secondary N) is 1. The van der Waals surface area contributed by atoms with E-state index in [2.05, 4.69) is 5.32 Å². The number of benzene rings is 1. The van der Waals surface area contributed by atoms with Gasteiger partial charge in [0, 0.05) is 5.75 Å². The van der Waals surface area contributed by atoms with Crippen LogP contribution in [0.15, 0.2) is 30.3 Å². The van der Waals surface area contributed by atoms with Gasteiger partial charge in [-0.05, 0) is 5.56 Å². The van der Waals surface area contributed by atoms with Crippen molar-refractivity contribution in [3.8, 4) is 6.19 Å². The zero-order valence-corrected chi connectivity index (χ0v) is 8.38. The molecule has 0 spiro atoms. The van der Waals surface area contributed by atoms with Crippen LogP contribution < -0.4 is 5.32 Å². The fourth-order valence-electron chi connectivity index (χ4n) is 0.934. The summed E-state index contributed by atoms with van der Waals surface area (Å²) in [5, 5.41) is 10.2. The fraction of sp³-hybridized carbons (Fsp3) is 0.200. The van der Waals surface area contributed by atoms with Crippen molar-refractivity contribution in [2.24, 2.45) is 0 Å². The number of hydrogen-bond acceptors (Lipinski definition) is 3. The van der Waals surface area contributed by atoms with Crippen LogP contribution in [-0.4, -0.2) is 11.7 Å². The van der Waals surface area contributed by atoms with E-state index in [4.69, 9.17) is 5.26 Å². The van der Waals surface area contributed by atoms with Crippen LogP contribution >= 0.6 is 11.8 Å². The van der Waals surface area contributed by atoms with Gasteiger partial charge in [0.2, 0.25) is 5.91 Å². The van der Waals surface area contributed by atoms with Crippen LogP contribution in [0, 0.1) is 11.5 Å². The highest BCUT2D eigenvalue weighted by atomic mass is 32.2. The monoisotopic (exact) mass is 206 g/mol. The van der Waals surface area contributed by atoms with Crippen molar-refractivity contribution in [2.75, 3.05) is 5.75 Å². The minimum atomic E-state index is -0.242. The van der Waals surface area contributed by atoms with E-state index in [9.17, 15) is 4.79 Å². The molecule has 1 aromatic rings. The van der Waals surface area contributed by atoms with E-state index in [-0.39, 0.29) is 5.91 Å². The van der Waals surface area contributed by atoms with Gasteiger partial charge in [-0.15, -0.1) is 11.8 Å². The van der Waals surface area contributed by atoms with Crippen molar-refractivity contribution in [2.45, 2.75) is 5.75 Å². The average molecular weight is 206 g/mol. The standard InChI is InChI=1S/C10H10N2OS/c11-8-12-10(13)7-14-6-9-4-2-1-3-5-9/h1-5H,6-7H2,(H,12,13). The molecule has 0 bridgehead atoms. The van der Waals surface area contributed by atoms with Gasteiger partial charge in [-0.3, -0.25) is 10.1 Å². The summed E-state index contributed by atoms with van der Waals surface area (Å²) in [6.45, 7) is 0. The maximum absolute atomic E-state index is 10.9. The smallest absolute Gasteiger partial charge is 0.242 e. The summed E-state index contributed by atoms with van der Waals surface area (Å²) >= 11 is 1.49. The largest absolute Gasteiger partial charge is 0.273 e. The molecular weight excluding hydrogens is 196 g/mol. The van der Waals surface area contributed by atoms with Crippen molar-refractivity contribution < 1.29 is 4.79 Å². The topological polar surface area (TPSA) is 52.9 Å². The third kappa shape index (κ3) is 3.97. The fourth-order valence-corrected chi connectivity index (χ4v) is 1.72. The second-order valence-electron chi connectivity index (χ2n) is 2.64. The van der Waals surface area contributed by atoms with E-state index in [1.165, 1.54) is 17.3 Å². The van der Waals surface area contributed by atoms with Gasteiger partial charge in [0.1, 0.15) is 0 Å². The van der Waals surface area contributed by atoms with Crippen LogP contribution in [0.3, 0.4) is 0 Å². The Bertz CT molecular complexity index is 332. The molecule has 0 saturated heterocycles. The Balaban J connectivity index is 2.23. The molecule has 1 N–H and O–H groups in total. The number of thioether (sulfide) groups is 1. The van der Waals surface area contributed by atoms with Gasteiger partial charge in [0.05, 0.1) is 5.75 Å². The lowest BCUT2D eigenvalue weighted by Crippen LogP contribution is -2.19. The molecule has 14 heavy (non-hydrogen) atoms. The lowest BCUT2D eigenvalue weighted by molar-refractivity contribution is -0.117. The molecule has 0 aliphatic rings. The van der Waals surface area contributed by atoms with Crippen LogP contribution in [0.2, 0.25) is 0 Å². The maximum Gasteiger partial charge on any atom is 0.242 e. The third-order valence-electron chi connectivity index (χ3n) is 1.54.